The van der Waals surface area contributed by atoms with E-state index in [4.69, 9.17) is 0 Å². The number of aliphatic hydroxyl groups is 1. The zero-order valence-corrected chi connectivity index (χ0v) is 10.7. The molecule has 0 bridgehead atoms. The Morgan fingerprint density at radius 2 is 2.00 bits per heavy atom. The highest BCUT2D eigenvalue weighted by Crippen LogP contribution is 2.13. The maximum Gasteiger partial charge on any atom is 0.0716 e. The second-order valence-electron chi connectivity index (χ2n) is 4.99. The van der Waals surface area contributed by atoms with Gasteiger partial charge in [-0.05, 0) is 30.5 Å². The van der Waals surface area contributed by atoms with Crippen LogP contribution in [0, 0.1) is 19.8 Å². The lowest BCUT2D eigenvalue weighted by Crippen LogP contribution is -2.30. The number of aryl methyl sites for hydroxylation is 2. The fourth-order valence-electron chi connectivity index (χ4n) is 2.44. The largest absolute Gasteiger partial charge is 0.391 e. The van der Waals surface area contributed by atoms with Crippen LogP contribution < -0.4 is 10.6 Å². The number of hydrogen-bond donors (Lipinski definition) is 3. The van der Waals surface area contributed by atoms with Gasteiger partial charge in [-0.2, -0.15) is 0 Å². The summed E-state index contributed by atoms with van der Waals surface area (Å²) in [6.07, 6.45) is -0.194. The Bertz CT molecular complexity index is 358. The zero-order valence-electron chi connectivity index (χ0n) is 10.7. The fraction of sp³-hybridized carbons (Fsp3) is 0.571. The van der Waals surface area contributed by atoms with Crippen molar-refractivity contribution < 1.29 is 5.11 Å². The molecule has 1 saturated heterocycles. The molecule has 3 N–H and O–H groups in total. The van der Waals surface area contributed by atoms with Gasteiger partial charge in [0.15, 0.2) is 0 Å². The Morgan fingerprint density at radius 1 is 1.29 bits per heavy atom. The van der Waals surface area contributed by atoms with E-state index in [9.17, 15) is 5.11 Å². The summed E-state index contributed by atoms with van der Waals surface area (Å²) in [6.45, 7) is 7.71. The van der Waals surface area contributed by atoms with Crippen LogP contribution in [0.5, 0.6) is 0 Å². The van der Waals surface area contributed by atoms with Gasteiger partial charge in [0, 0.05) is 32.1 Å². The van der Waals surface area contributed by atoms with Crippen LogP contribution in [0.1, 0.15) is 16.7 Å². The summed E-state index contributed by atoms with van der Waals surface area (Å²) in [4.78, 5) is 0. The van der Waals surface area contributed by atoms with E-state index in [1.54, 1.807) is 0 Å². The lowest BCUT2D eigenvalue weighted by Gasteiger charge is -2.16. The van der Waals surface area contributed by atoms with Gasteiger partial charge in [0.1, 0.15) is 0 Å². The van der Waals surface area contributed by atoms with Crippen molar-refractivity contribution in [2.45, 2.75) is 26.5 Å². The minimum Gasteiger partial charge on any atom is -0.391 e. The van der Waals surface area contributed by atoms with Crippen molar-refractivity contribution in [1.29, 1.82) is 0 Å². The molecular weight excluding hydrogens is 212 g/mol. The molecule has 1 aliphatic heterocycles. The lowest BCUT2D eigenvalue weighted by molar-refractivity contribution is 0.146. The van der Waals surface area contributed by atoms with Crippen molar-refractivity contribution in [2.24, 2.45) is 5.92 Å². The molecule has 17 heavy (non-hydrogen) atoms. The number of benzene rings is 1. The van der Waals surface area contributed by atoms with E-state index in [2.05, 4.69) is 42.7 Å². The standard InChI is InChI=1S/C14H22N2O/c1-10-4-3-5-11(2)13(10)8-15-6-12-7-16-9-14(12)17/h3-5,12,14-17H,6-9H2,1-2H3. The molecule has 1 aromatic rings. The van der Waals surface area contributed by atoms with Gasteiger partial charge < -0.3 is 15.7 Å². The number of nitrogens with one attached hydrogen (secondary N) is 2. The first kappa shape index (κ1) is 12.6. The third-order valence-corrected chi connectivity index (χ3v) is 3.66. The lowest BCUT2D eigenvalue weighted by atomic mass is 10.0. The first-order chi connectivity index (χ1) is 8.18. The molecule has 0 saturated carbocycles. The molecule has 2 unspecified atom stereocenters. The van der Waals surface area contributed by atoms with Gasteiger partial charge in [0.25, 0.3) is 0 Å². The molecule has 1 aliphatic rings. The fourth-order valence-corrected chi connectivity index (χ4v) is 2.44. The molecule has 3 heteroatoms. The molecule has 2 rings (SSSR count). The van der Waals surface area contributed by atoms with Crippen molar-refractivity contribution in [2.75, 3.05) is 19.6 Å². The van der Waals surface area contributed by atoms with Crippen molar-refractivity contribution >= 4 is 0 Å². The number of hydrogen-bond acceptors (Lipinski definition) is 3. The van der Waals surface area contributed by atoms with Gasteiger partial charge in [-0.3, -0.25) is 0 Å². The van der Waals surface area contributed by atoms with Crippen LogP contribution in [0.4, 0.5) is 0 Å². The van der Waals surface area contributed by atoms with E-state index in [1.165, 1.54) is 16.7 Å². The summed E-state index contributed by atoms with van der Waals surface area (Å²) >= 11 is 0. The third-order valence-electron chi connectivity index (χ3n) is 3.66. The van der Waals surface area contributed by atoms with Crippen LogP contribution in [-0.2, 0) is 6.54 Å². The topological polar surface area (TPSA) is 44.3 Å². The first-order valence-corrected chi connectivity index (χ1v) is 6.33. The van der Waals surface area contributed by atoms with E-state index in [1.807, 2.05) is 0 Å². The molecule has 0 spiro atoms. The summed E-state index contributed by atoms with van der Waals surface area (Å²) in [5.41, 5.74) is 4.05. The predicted molar refractivity (Wildman–Crippen MR) is 70.0 cm³/mol. The van der Waals surface area contributed by atoms with E-state index >= 15 is 0 Å². The van der Waals surface area contributed by atoms with Crippen molar-refractivity contribution in [3.05, 3.63) is 34.9 Å². The van der Waals surface area contributed by atoms with E-state index in [-0.39, 0.29) is 6.10 Å². The van der Waals surface area contributed by atoms with Crippen LogP contribution in [0.2, 0.25) is 0 Å². The van der Waals surface area contributed by atoms with Gasteiger partial charge in [-0.15, -0.1) is 0 Å². The molecule has 1 heterocycles. The summed E-state index contributed by atoms with van der Waals surface area (Å²) in [6, 6.07) is 6.39. The molecule has 94 valence electrons. The minimum absolute atomic E-state index is 0.194. The Balaban J connectivity index is 1.86. The second kappa shape index (κ2) is 5.63. The quantitative estimate of drug-likeness (QED) is 0.727. The average molecular weight is 234 g/mol. The molecular formula is C14H22N2O. The number of aliphatic hydroxyl groups excluding tert-OH is 1. The van der Waals surface area contributed by atoms with Crippen LogP contribution in [-0.4, -0.2) is 30.8 Å². The van der Waals surface area contributed by atoms with Gasteiger partial charge >= 0.3 is 0 Å². The Hall–Kier alpha value is -0.900. The van der Waals surface area contributed by atoms with Crippen molar-refractivity contribution in [3.8, 4) is 0 Å². The SMILES string of the molecule is Cc1cccc(C)c1CNCC1CNCC1O. The van der Waals surface area contributed by atoms with Crippen LogP contribution in [0.3, 0.4) is 0 Å². The summed E-state index contributed by atoms with van der Waals surface area (Å²) < 4.78 is 0. The van der Waals surface area contributed by atoms with Crippen molar-refractivity contribution in [3.63, 3.8) is 0 Å². The maximum absolute atomic E-state index is 9.69. The van der Waals surface area contributed by atoms with Crippen LogP contribution in [0.15, 0.2) is 18.2 Å². The van der Waals surface area contributed by atoms with Gasteiger partial charge in [0.05, 0.1) is 6.10 Å². The maximum atomic E-state index is 9.69. The molecule has 0 aromatic heterocycles. The second-order valence-corrected chi connectivity index (χ2v) is 4.99. The highest BCUT2D eigenvalue weighted by molar-refractivity contribution is 5.33. The molecule has 2 atom stereocenters. The zero-order chi connectivity index (χ0) is 12.3. The molecule has 1 fully saturated rings. The van der Waals surface area contributed by atoms with Crippen LogP contribution in [0.25, 0.3) is 0 Å². The Labute approximate surface area is 103 Å². The Morgan fingerprint density at radius 3 is 2.59 bits per heavy atom. The highest BCUT2D eigenvalue weighted by atomic mass is 16.3. The monoisotopic (exact) mass is 234 g/mol. The van der Waals surface area contributed by atoms with E-state index in [0.717, 1.165) is 26.2 Å². The first-order valence-electron chi connectivity index (χ1n) is 6.33. The summed E-state index contributed by atoms with van der Waals surface area (Å²) in [5, 5.41) is 16.4. The predicted octanol–water partition coefficient (Wildman–Crippen LogP) is 0.973. The van der Waals surface area contributed by atoms with Gasteiger partial charge in [-0.25, -0.2) is 0 Å². The number of β-amino-alcohol motifs (C(OH)–C–C–N with tert-alkyl or cyclic N) is 1. The van der Waals surface area contributed by atoms with E-state index in [0.29, 0.717) is 5.92 Å². The average Bonchev–Trinajstić information content (AvgIpc) is 2.69. The van der Waals surface area contributed by atoms with E-state index < -0.39 is 0 Å². The normalized spacial score (nSPS) is 24.2. The number of rotatable bonds is 4. The summed E-state index contributed by atoms with van der Waals surface area (Å²) in [5.74, 6) is 0.347. The molecule has 1 aromatic carbocycles. The van der Waals surface area contributed by atoms with Gasteiger partial charge in [0.2, 0.25) is 0 Å². The Kier molecular flexibility index (Phi) is 4.15. The third kappa shape index (κ3) is 3.06. The summed E-state index contributed by atoms with van der Waals surface area (Å²) in [7, 11) is 0. The van der Waals surface area contributed by atoms with Crippen molar-refractivity contribution in [1.82, 2.24) is 10.6 Å². The van der Waals surface area contributed by atoms with Gasteiger partial charge in [-0.1, -0.05) is 18.2 Å². The molecule has 3 nitrogen and oxygen atoms in total. The minimum atomic E-state index is -0.194. The molecule has 0 amide bonds. The molecule has 0 radical (unpaired) electrons. The molecule has 0 aliphatic carbocycles. The smallest absolute Gasteiger partial charge is 0.0716 e. The van der Waals surface area contributed by atoms with Crippen LogP contribution >= 0.6 is 0 Å². The highest BCUT2D eigenvalue weighted by Gasteiger charge is 2.24.